The molecule has 0 bridgehead atoms. The second-order valence-corrected chi connectivity index (χ2v) is 6.53. The van der Waals surface area contributed by atoms with E-state index in [4.69, 9.17) is 23.2 Å². The summed E-state index contributed by atoms with van der Waals surface area (Å²) in [6.07, 6.45) is 0. The first-order valence-electron chi connectivity index (χ1n) is 6.80. The van der Waals surface area contributed by atoms with Crippen LogP contribution in [-0.2, 0) is 11.3 Å². The topological polar surface area (TPSA) is 72.7 Å². The molecule has 0 atom stereocenters. The summed E-state index contributed by atoms with van der Waals surface area (Å²) in [5.41, 5.74) is 1.16. The second-order valence-electron chi connectivity index (χ2n) is 4.80. The largest absolute Gasteiger partial charge is 0.322 e. The van der Waals surface area contributed by atoms with Gasteiger partial charge in [0.05, 0.1) is 15.7 Å². The highest BCUT2D eigenvalue weighted by molar-refractivity contribution is 9.10. The van der Waals surface area contributed by atoms with Gasteiger partial charge in [-0.1, -0.05) is 45.2 Å². The van der Waals surface area contributed by atoms with Crippen LogP contribution in [0.15, 0.2) is 46.9 Å². The monoisotopic (exact) mass is 425 g/mol. The van der Waals surface area contributed by atoms with E-state index in [1.54, 1.807) is 18.2 Å². The Morgan fingerprint density at radius 2 is 1.79 bits per heavy atom. The van der Waals surface area contributed by atoms with Crippen molar-refractivity contribution in [1.82, 2.24) is 20.2 Å². The summed E-state index contributed by atoms with van der Waals surface area (Å²) in [5, 5.41) is 15.4. The number of nitrogens with zero attached hydrogens (tertiary/aromatic N) is 4. The average molecular weight is 427 g/mol. The molecule has 0 fully saturated rings. The third kappa shape index (κ3) is 3.92. The lowest BCUT2D eigenvalue weighted by molar-refractivity contribution is -0.117. The molecule has 1 N–H and O–H groups in total. The highest BCUT2D eigenvalue weighted by Gasteiger charge is 2.12. The predicted molar refractivity (Wildman–Crippen MR) is 96.0 cm³/mol. The highest BCUT2D eigenvalue weighted by Crippen LogP contribution is 2.29. The molecule has 0 saturated carbocycles. The van der Waals surface area contributed by atoms with Gasteiger partial charge in [0.1, 0.15) is 6.54 Å². The van der Waals surface area contributed by atoms with Crippen LogP contribution < -0.4 is 5.32 Å². The fraction of sp³-hybridized carbons (Fsp3) is 0.0667. The molecule has 122 valence electrons. The number of hydrogen-bond donors (Lipinski definition) is 1. The Bertz CT molecular complexity index is 862. The number of para-hydroxylation sites is 1. The molecule has 0 saturated heterocycles. The molecule has 24 heavy (non-hydrogen) atoms. The molecule has 1 aromatic heterocycles. The summed E-state index contributed by atoms with van der Waals surface area (Å²) < 4.78 is 0.953. The van der Waals surface area contributed by atoms with Gasteiger partial charge in [0.15, 0.2) is 0 Å². The minimum absolute atomic E-state index is 0.106. The number of halogens is 3. The van der Waals surface area contributed by atoms with Gasteiger partial charge < -0.3 is 5.32 Å². The third-order valence-corrected chi connectivity index (χ3v) is 4.23. The average Bonchev–Trinajstić information content (AvgIpc) is 3.00. The summed E-state index contributed by atoms with van der Waals surface area (Å²) in [6, 6.07) is 12.4. The zero-order chi connectivity index (χ0) is 17.1. The van der Waals surface area contributed by atoms with Crippen LogP contribution in [0.5, 0.6) is 0 Å². The first-order valence-corrected chi connectivity index (χ1v) is 8.35. The minimum atomic E-state index is -0.357. The van der Waals surface area contributed by atoms with E-state index in [9.17, 15) is 4.79 Å². The van der Waals surface area contributed by atoms with E-state index in [1.165, 1.54) is 4.80 Å². The molecule has 0 aliphatic carbocycles. The van der Waals surface area contributed by atoms with Crippen LogP contribution in [-0.4, -0.2) is 26.1 Å². The highest BCUT2D eigenvalue weighted by atomic mass is 79.9. The van der Waals surface area contributed by atoms with E-state index in [-0.39, 0.29) is 12.5 Å². The van der Waals surface area contributed by atoms with Crippen molar-refractivity contribution in [2.24, 2.45) is 0 Å². The molecule has 2 aromatic carbocycles. The van der Waals surface area contributed by atoms with Crippen molar-refractivity contribution in [1.29, 1.82) is 0 Å². The molecule has 0 unspecified atom stereocenters. The number of anilines is 1. The van der Waals surface area contributed by atoms with Crippen molar-refractivity contribution >= 4 is 50.7 Å². The standard InChI is InChI=1S/C15H10BrCl2N5O/c16-10-6-4-9(5-7-10)15-20-22-23(21-15)8-13(24)19-14-11(17)2-1-3-12(14)18/h1-7H,8H2,(H,19,24). The van der Waals surface area contributed by atoms with Crippen LogP contribution >= 0.6 is 39.1 Å². The summed E-state index contributed by atoms with van der Waals surface area (Å²) in [6.45, 7) is -0.106. The predicted octanol–water partition coefficient (Wildman–Crippen LogP) is 4.05. The first-order chi connectivity index (χ1) is 11.5. The van der Waals surface area contributed by atoms with E-state index < -0.39 is 0 Å². The first kappa shape index (κ1) is 16.9. The lowest BCUT2D eigenvalue weighted by Gasteiger charge is -2.08. The molecule has 6 nitrogen and oxygen atoms in total. The van der Waals surface area contributed by atoms with Crippen LogP contribution in [0.25, 0.3) is 11.4 Å². The normalized spacial score (nSPS) is 10.6. The van der Waals surface area contributed by atoms with Gasteiger partial charge in [-0.05, 0) is 41.6 Å². The molecular weight excluding hydrogens is 417 g/mol. The summed E-state index contributed by atoms with van der Waals surface area (Å²) in [5.74, 6) is 0.0795. The van der Waals surface area contributed by atoms with Gasteiger partial charge in [0.25, 0.3) is 0 Å². The van der Waals surface area contributed by atoms with E-state index in [0.717, 1.165) is 10.0 Å². The summed E-state index contributed by atoms with van der Waals surface area (Å²) in [4.78, 5) is 13.3. The quantitative estimate of drug-likeness (QED) is 0.682. The zero-order valence-corrected chi connectivity index (χ0v) is 15.2. The molecular formula is C15H10BrCl2N5O. The molecule has 1 amide bonds. The number of hydrogen-bond acceptors (Lipinski definition) is 4. The Hall–Kier alpha value is -1.96. The fourth-order valence-corrected chi connectivity index (χ4v) is 2.71. The lowest BCUT2D eigenvalue weighted by Crippen LogP contribution is -2.20. The summed E-state index contributed by atoms with van der Waals surface area (Å²) in [7, 11) is 0. The van der Waals surface area contributed by atoms with E-state index >= 15 is 0 Å². The Kier molecular flexibility index (Phi) is 5.13. The van der Waals surface area contributed by atoms with Gasteiger partial charge in [0.2, 0.25) is 11.7 Å². The van der Waals surface area contributed by atoms with Gasteiger partial charge in [-0.25, -0.2) is 0 Å². The number of nitrogens with one attached hydrogen (secondary N) is 1. The van der Waals surface area contributed by atoms with Crippen LogP contribution in [0.2, 0.25) is 10.0 Å². The van der Waals surface area contributed by atoms with Gasteiger partial charge in [-0.15, -0.1) is 10.2 Å². The molecule has 1 heterocycles. The lowest BCUT2D eigenvalue weighted by atomic mass is 10.2. The molecule has 0 radical (unpaired) electrons. The van der Waals surface area contributed by atoms with Gasteiger partial charge >= 0.3 is 0 Å². The Balaban J connectivity index is 1.70. The smallest absolute Gasteiger partial charge is 0.248 e. The van der Waals surface area contributed by atoms with Crippen LogP contribution in [0.1, 0.15) is 0 Å². The Morgan fingerprint density at radius 3 is 2.46 bits per heavy atom. The zero-order valence-electron chi connectivity index (χ0n) is 12.1. The Morgan fingerprint density at radius 1 is 1.12 bits per heavy atom. The molecule has 0 aliphatic rings. The third-order valence-electron chi connectivity index (χ3n) is 3.07. The molecule has 3 rings (SSSR count). The number of aromatic nitrogens is 4. The van der Waals surface area contributed by atoms with Crippen molar-refractivity contribution in [3.63, 3.8) is 0 Å². The fourth-order valence-electron chi connectivity index (χ4n) is 1.95. The van der Waals surface area contributed by atoms with Crippen molar-refractivity contribution in [2.45, 2.75) is 6.54 Å². The van der Waals surface area contributed by atoms with E-state index in [2.05, 4.69) is 36.7 Å². The maximum absolute atomic E-state index is 12.1. The summed E-state index contributed by atoms with van der Waals surface area (Å²) >= 11 is 15.4. The van der Waals surface area contributed by atoms with E-state index in [1.807, 2.05) is 24.3 Å². The van der Waals surface area contributed by atoms with Crippen molar-refractivity contribution in [3.05, 3.63) is 57.0 Å². The SMILES string of the molecule is O=C(Cn1nnc(-c2ccc(Br)cc2)n1)Nc1c(Cl)cccc1Cl. The number of carbonyl (C=O) groups excluding carboxylic acids is 1. The van der Waals surface area contributed by atoms with Gasteiger partial charge in [0, 0.05) is 10.0 Å². The maximum atomic E-state index is 12.1. The Labute approximate surface area is 155 Å². The number of rotatable bonds is 4. The second kappa shape index (κ2) is 7.29. The van der Waals surface area contributed by atoms with Crippen LogP contribution in [0.3, 0.4) is 0 Å². The van der Waals surface area contributed by atoms with Crippen LogP contribution in [0.4, 0.5) is 5.69 Å². The molecule has 0 aliphatic heterocycles. The van der Waals surface area contributed by atoms with Crippen molar-refractivity contribution in [3.8, 4) is 11.4 Å². The number of amides is 1. The molecule has 3 aromatic rings. The van der Waals surface area contributed by atoms with Gasteiger partial charge in [-0.3, -0.25) is 4.79 Å². The van der Waals surface area contributed by atoms with E-state index in [0.29, 0.717) is 21.6 Å². The van der Waals surface area contributed by atoms with Crippen molar-refractivity contribution < 1.29 is 4.79 Å². The molecule has 0 spiro atoms. The van der Waals surface area contributed by atoms with Crippen molar-refractivity contribution in [2.75, 3.05) is 5.32 Å². The van der Waals surface area contributed by atoms with Crippen LogP contribution in [0, 0.1) is 0 Å². The van der Waals surface area contributed by atoms with Gasteiger partial charge in [-0.2, -0.15) is 4.80 Å². The minimum Gasteiger partial charge on any atom is -0.322 e. The maximum Gasteiger partial charge on any atom is 0.248 e. The number of carbonyl (C=O) groups is 1. The number of benzene rings is 2. The number of tetrazole rings is 1. The molecule has 9 heteroatoms.